The van der Waals surface area contributed by atoms with Crippen molar-refractivity contribution in [3.05, 3.63) is 51.7 Å². The highest BCUT2D eigenvalue weighted by Gasteiger charge is 2.33. The van der Waals surface area contributed by atoms with Gasteiger partial charge >= 0.3 is 6.18 Å². The summed E-state index contributed by atoms with van der Waals surface area (Å²) in [4.78, 5) is 5.70. The molecule has 0 unspecified atom stereocenters. The van der Waals surface area contributed by atoms with Crippen LogP contribution in [0, 0.1) is 12.3 Å². The van der Waals surface area contributed by atoms with Crippen LogP contribution in [0.5, 0.6) is 0 Å². The zero-order valence-electron chi connectivity index (χ0n) is 12.0. The normalized spacial score (nSPS) is 15.7. The Morgan fingerprint density at radius 3 is 2.43 bits per heavy atom. The second kappa shape index (κ2) is 5.38. The van der Waals surface area contributed by atoms with Crippen LogP contribution in [0.1, 0.15) is 16.3 Å². The molecule has 0 aliphatic carbocycles. The van der Waals surface area contributed by atoms with Gasteiger partial charge in [0.2, 0.25) is 0 Å². The summed E-state index contributed by atoms with van der Waals surface area (Å²) in [6.45, 7) is 1.85. The molecule has 2 heterocycles. The largest absolute Gasteiger partial charge is 0.510 e. The topological polar surface area (TPSA) is 60.2 Å². The second-order valence-electron chi connectivity index (χ2n) is 5.10. The first kappa shape index (κ1) is 15.5. The van der Waals surface area contributed by atoms with Crippen molar-refractivity contribution >= 4 is 28.4 Å². The van der Waals surface area contributed by atoms with Gasteiger partial charge in [-0.15, -0.1) is 11.3 Å². The van der Waals surface area contributed by atoms with Crippen LogP contribution >= 0.6 is 11.3 Å². The van der Waals surface area contributed by atoms with Crippen molar-refractivity contribution in [3.8, 4) is 0 Å². The average molecular weight is 339 g/mol. The van der Waals surface area contributed by atoms with Gasteiger partial charge in [-0.2, -0.15) is 13.2 Å². The summed E-state index contributed by atoms with van der Waals surface area (Å²) in [6, 6.07) is 4.51. The van der Waals surface area contributed by atoms with E-state index in [2.05, 4.69) is 4.98 Å². The number of hydrogen-bond acceptors (Lipinski definition) is 4. The summed E-state index contributed by atoms with van der Waals surface area (Å²) in [5.41, 5.74) is 0.770. The molecule has 4 nitrogen and oxygen atoms in total. The van der Waals surface area contributed by atoms with Crippen molar-refractivity contribution in [3.63, 3.8) is 0 Å². The number of anilines is 1. The molecule has 0 bridgehead atoms. The third kappa shape index (κ3) is 2.81. The number of thiazole rings is 1. The molecule has 0 fully saturated rings. The van der Waals surface area contributed by atoms with Crippen molar-refractivity contribution in [2.24, 2.45) is 0 Å². The van der Waals surface area contributed by atoms with E-state index in [-0.39, 0.29) is 18.1 Å². The highest BCUT2D eigenvalue weighted by atomic mass is 32.1. The summed E-state index contributed by atoms with van der Waals surface area (Å²) >= 11 is 1.31. The van der Waals surface area contributed by atoms with Crippen LogP contribution in [0.15, 0.2) is 35.4 Å². The Balaban J connectivity index is 1.88. The molecule has 8 heteroatoms. The average Bonchev–Trinajstić information content (AvgIpc) is 3.02. The number of benzene rings is 1. The number of alkyl halides is 3. The van der Waals surface area contributed by atoms with Gasteiger partial charge in [-0.3, -0.25) is 5.41 Å². The van der Waals surface area contributed by atoms with Crippen molar-refractivity contribution in [1.82, 2.24) is 4.98 Å². The zero-order valence-corrected chi connectivity index (χ0v) is 12.8. The summed E-state index contributed by atoms with van der Waals surface area (Å²) < 4.78 is 37.8. The lowest BCUT2D eigenvalue weighted by atomic mass is 10.2. The minimum atomic E-state index is -4.40. The van der Waals surface area contributed by atoms with E-state index >= 15 is 0 Å². The molecule has 23 heavy (non-hydrogen) atoms. The van der Waals surface area contributed by atoms with Gasteiger partial charge in [-0.25, -0.2) is 4.98 Å². The highest BCUT2D eigenvalue weighted by molar-refractivity contribution is 7.11. The Kier molecular flexibility index (Phi) is 3.63. The monoisotopic (exact) mass is 339 g/mol. The minimum Gasteiger partial charge on any atom is -0.510 e. The number of aryl methyl sites for hydroxylation is 1. The smallest absolute Gasteiger partial charge is 0.416 e. The first-order valence-corrected chi connectivity index (χ1v) is 7.53. The SMILES string of the molecule is Cc1csc(C2=C(O)CN(c3ccc(C(F)(F)F)cc3)C2=N)n1. The Bertz CT molecular complexity index is 793. The lowest BCUT2D eigenvalue weighted by Gasteiger charge is -2.19. The fourth-order valence-electron chi connectivity index (χ4n) is 2.32. The number of amidine groups is 1. The molecule has 2 N–H and O–H groups in total. The molecule has 120 valence electrons. The Morgan fingerprint density at radius 1 is 1.26 bits per heavy atom. The molecule has 1 aliphatic heterocycles. The quantitative estimate of drug-likeness (QED) is 0.860. The highest BCUT2D eigenvalue weighted by Crippen LogP contribution is 2.34. The molecule has 3 rings (SSSR count). The van der Waals surface area contributed by atoms with E-state index in [1.165, 1.54) is 28.4 Å². The molecule has 0 spiro atoms. The third-order valence-corrected chi connectivity index (χ3v) is 4.42. The van der Waals surface area contributed by atoms with E-state index in [0.717, 1.165) is 17.8 Å². The minimum absolute atomic E-state index is 0.00996. The van der Waals surface area contributed by atoms with Crippen LogP contribution in [0.2, 0.25) is 0 Å². The van der Waals surface area contributed by atoms with Crippen LogP contribution in [0.4, 0.5) is 18.9 Å². The van der Waals surface area contributed by atoms with Crippen molar-refractivity contribution in [2.45, 2.75) is 13.1 Å². The summed E-state index contributed by atoms with van der Waals surface area (Å²) in [5, 5.41) is 20.7. The molecule has 0 saturated heterocycles. The lowest BCUT2D eigenvalue weighted by Crippen LogP contribution is -2.26. The van der Waals surface area contributed by atoms with E-state index < -0.39 is 11.7 Å². The second-order valence-corrected chi connectivity index (χ2v) is 5.95. The molecule has 1 aromatic carbocycles. The number of halogens is 3. The molecule has 0 radical (unpaired) electrons. The molecule has 1 aliphatic rings. The molecule has 0 saturated carbocycles. The number of nitrogens with one attached hydrogen (secondary N) is 1. The predicted octanol–water partition coefficient (Wildman–Crippen LogP) is 4.24. The van der Waals surface area contributed by atoms with Gasteiger partial charge in [0.1, 0.15) is 16.6 Å². The first-order chi connectivity index (χ1) is 10.8. The van der Waals surface area contributed by atoms with E-state index in [1.807, 2.05) is 12.3 Å². The third-order valence-electron chi connectivity index (χ3n) is 3.44. The summed E-state index contributed by atoms with van der Waals surface area (Å²) in [6.07, 6.45) is -4.40. The van der Waals surface area contributed by atoms with Gasteiger partial charge in [-0.1, -0.05) is 0 Å². The number of aliphatic hydroxyl groups is 1. The van der Waals surface area contributed by atoms with E-state index in [1.54, 1.807) is 0 Å². The molecular formula is C15H12F3N3OS. The van der Waals surface area contributed by atoms with Crippen LogP contribution < -0.4 is 4.90 Å². The van der Waals surface area contributed by atoms with Gasteiger partial charge in [0.15, 0.2) is 0 Å². The van der Waals surface area contributed by atoms with Gasteiger partial charge < -0.3 is 10.0 Å². The summed E-state index contributed by atoms with van der Waals surface area (Å²) in [5.74, 6) is 0.0147. The predicted molar refractivity (Wildman–Crippen MR) is 82.9 cm³/mol. The molecule has 0 amide bonds. The van der Waals surface area contributed by atoms with Gasteiger partial charge in [0.05, 0.1) is 17.7 Å². The Morgan fingerprint density at radius 2 is 1.91 bits per heavy atom. The van der Waals surface area contributed by atoms with Crippen LogP contribution in [0.3, 0.4) is 0 Å². The van der Waals surface area contributed by atoms with E-state index in [9.17, 15) is 18.3 Å². The zero-order chi connectivity index (χ0) is 16.8. The van der Waals surface area contributed by atoms with Crippen LogP contribution in [0.25, 0.3) is 5.57 Å². The number of aliphatic hydroxyl groups excluding tert-OH is 1. The maximum atomic E-state index is 12.6. The molecule has 1 aromatic heterocycles. The molecule has 2 aromatic rings. The first-order valence-electron chi connectivity index (χ1n) is 6.65. The summed E-state index contributed by atoms with van der Waals surface area (Å²) in [7, 11) is 0. The maximum absolute atomic E-state index is 12.6. The molecular weight excluding hydrogens is 327 g/mol. The van der Waals surface area contributed by atoms with Crippen LogP contribution in [-0.2, 0) is 6.18 Å². The Labute approximate surface area is 134 Å². The number of aromatic nitrogens is 1. The van der Waals surface area contributed by atoms with Gasteiger partial charge in [0.25, 0.3) is 0 Å². The van der Waals surface area contributed by atoms with E-state index in [0.29, 0.717) is 16.3 Å². The maximum Gasteiger partial charge on any atom is 0.416 e. The van der Waals surface area contributed by atoms with Gasteiger partial charge in [0, 0.05) is 16.8 Å². The lowest BCUT2D eigenvalue weighted by molar-refractivity contribution is -0.137. The van der Waals surface area contributed by atoms with Crippen molar-refractivity contribution in [2.75, 3.05) is 11.4 Å². The van der Waals surface area contributed by atoms with Gasteiger partial charge in [-0.05, 0) is 31.2 Å². The van der Waals surface area contributed by atoms with Crippen LogP contribution in [-0.4, -0.2) is 22.5 Å². The molecule has 0 atom stereocenters. The van der Waals surface area contributed by atoms with Crippen molar-refractivity contribution < 1.29 is 18.3 Å². The number of nitrogens with zero attached hydrogens (tertiary/aromatic N) is 2. The fourth-order valence-corrected chi connectivity index (χ4v) is 3.19. The van der Waals surface area contributed by atoms with E-state index in [4.69, 9.17) is 5.41 Å². The Hall–Kier alpha value is -2.35. The standard InChI is InChI=1S/C15H12F3N3OS/c1-8-7-23-14(20-8)12-11(22)6-21(13(12)19)10-4-2-9(3-5-10)15(16,17)18/h2-5,7,19,22H,6H2,1H3. The fraction of sp³-hybridized carbons (Fsp3) is 0.200. The number of hydrogen-bond donors (Lipinski definition) is 2. The number of rotatable bonds is 2. The van der Waals surface area contributed by atoms with Crippen molar-refractivity contribution in [1.29, 1.82) is 5.41 Å².